The van der Waals surface area contributed by atoms with Crippen LogP contribution in [-0.2, 0) is 24.0 Å². The summed E-state index contributed by atoms with van der Waals surface area (Å²) in [6, 6.07) is -4.73. The number of rotatable bonds is 16. The first kappa shape index (κ1) is 30.9. The summed E-state index contributed by atoms with van der Waals surface area (Å²) >= 11 is 4.03. The van der Waals surface area contributed by atoms with Gasteiger partial charge in [0.15, 0.2) is 5.96 Å². The smallest absolute Gasteiger partial charge is 0.326 e. The van der Waals surface area contributed by atoms with Crippen molar-refractivity contribution in [3.8, 4) is 0 Å². The Morgan fingerprint density at radius 2 is 1.56 bits per heavy atom. The molecule has 0 aromatic heterocycles. The van der Waals surface area contributed by atoms with E-state index in [1.807, 2.05) is 6.92 Å². The molecule has 0 aromatic carbocycles. The predicted molar refractivity (Wildman–Crippen MR) is 128 cm³/mol. The van der Waals surface area contributed by atoms with Gasteiger partial charge in [-0.3, -0.25) is 24.2 Å². The normalized spacial score (nSPS) is 15.1. The number of primary amides is 1. The number of nitrogens with one attached hydrogen (secondary N) is 3. The maximum absolute atomic E-state index is 12.9. The molecule has 4 amide bonds. The van der Waals surface area contributed by atoms with Crippen LogP contribution >= 0.6 is 12.6 Å². The number of thiol groups is 1. The SMILES string of the molecule is CCC(C)C(NC(=O)C(N)CCCN=C(N)N)C(=O)NC(CS)C(=O)NC(CC(N)=O)C(=O)O. The summed E-state index contributed by atoms with van der Waals surface area (Å²) in [4.78, 5) is 64.0. The van der Waals surface area contributed by atoms with Crippen LogP contribution in [0.3, 0.4) is 0 Å². The largest absolute Gasteiger partial charge is 0.480 e. The minimum absolute atomic E-state index is 0.0707. The number of carboxylic acids is 1. The minimum atomic E-state index is -1.56. The first-order valence-electron chi connectivity index (χ1n) is 10.7. The highest BCUT2D eigenvalue weighted by Gasteiger charge is 2.32. The molecule has 0 heterocycles. The van der Waals surface area contributed by atoms with Gasteiger partial charge in [0.25, 0.3) is 0 Å². The molecule has 5 atom stereocenters. The van der Waals surface area contributed by atoms with E-state index in [9.17, 15) is 24.0 Å². The van der Waals surface area contributed by atoms with E-state index in [0.717, 1.165) is 0 Å². The molecule has 0 aliphatic heterocycles. The molecule has 0 bridgehead atoms. The molecule has 14 nitrogen and oxygen atoms in total. The fourth-order valence-electron chi connectivity index (χ4n) is 2.74. The average Bonchev–Trinajstić information content (AvgIpc) is 2.76. The van der Waals surface area contributed by atoms with Gasteiger partial charge < -0.3 is 44.0 Å². The molecule has 15 heteroatoms. The molecule has 0 aromatic rings. The summed E-state index contributed by atoms with van der Waals surface area (Å²) in [5, 5.41) is 16.3. The highest BCUT2D eigenvalue weighted by atomic mass is 32.1. The van der Waals surface area contributed by atoms with E-state index in [1.165, 1.54) is 0 Å². The zero-order valence-corrected chi connectivity index (χ0v) is 20.2. The number of hydrogen-bond acceptors (Lipinski definition) is 8. The number of nitrogens with zero attached hydrogens (tertiary/aromatic N) is 1. The lowest BCUT2D eigenvalue weighted by molar-refractivity contribution is -0.143. The summed E-state index contributed by atoms with van der Waals surface area (Å²) in [6.45, 7) is 3.85. The van der Waals surface area contributed by atoms with Gasteiger partial charge in [-0.1, -0.05) is 20.3 Å². The summed E-state index contributed by atoms with van der Waals surface area (Å²) in [6.07, 6.45) is 0.622. The Balaban J connectivity index is 5.22. The lowest BCUT2D eigenvalue weighted by Gasteiger charge is -2.27. The van der Waals surface area contributed by atoms with Crippen molar-refractivity contribution in [3.05, 3.63) is 0 Å². The molecule has 0 saturated heterocycles. The fourth-order valence-corrected chi connectivity index (χ4v) is 3.00. The van der Waals surface area contributed by atoms with Crippen molar-refractivity contribution in [2.75, 3.05) is 12.3 Å². The second kappa shape index (κ2) is 15.7. The Hall–Kier alpha value is -3.07. The fraction of sp³-hybridized carbons (Fsp3) is 0.684. The Morgan fingerprint density at radius 1 is 0.971 bits per heavy atom. The Kier molecular flexibility index (Phi) is 14.3. The van der Waals surface area contributed by atoms with Crippen molar-refractivity contribution in [3.63, 3.8) is 0 Å². The van der Waals surface area contributed by atoms with Gasteiger partial charge in [-0.25, -0.2) is 4.79 Å². The van der Waals surface area contributed by atoms with Crippen LogP contribution in [0.25, 0.3) is 0 Å². The van der Waals surface area contributed by atoms with E-state index in [4.69, 9.17) is 28.0 Å². The molecule has 0 radical (unpaired) electrons. The van der Waals surface area contributed by atoms with Crippen LogP contribution in [0.5, 0.6) is 0 Å². The van der Waals surface area contributed by atoms with Crippen molar-refractivity contribution >= 4 is 48.2 Å². The summed E-state index contributed by atoms with van der Waals surface area (Å²) < 4.78 is 0. The van der Waals surface area contributed by atoms with Gasteiger partial charge in [0.2, 0.25) is 23.6 Å². The lowest BCUT2D eigenvalue weighted by atomic mass is 9.97. The zero-order valence-electron chi connectivity index (χ0n) is 19.3. The molecule has 5 unspecified atom stereocenters. The number of carboxylic acid groups (broad SMARTS) is 1. The standard InChI is InChI=1S/C19H36N8O6S/c1-3-9(2)14(27-15(29)10(20)5-4-6-24-19(22)23)17(31)26-12(8-34)16(30)25-11(18(32)33)7-13(21)28/h9-12,14,34H,3-8,20H2,1-2H3,(H2,21,28)(H,25,30)(H,26,31)(H,27,29)(H,32,33)(H4,22,23,24). The Labute approximate surface area is 203 Å². The van der Waals surface area contributed by atoms with Gasteiger partial charge in [0.05, 0.1) is 12.5 Å². The summed E-state index contributed by atoms with van der Waals surface area (Å²) in [7, 11) is 0. The van der Waals surface area contributed by atoms with Crippen LogP contribution in [-0.4, -0.2) is 77.1 Å². The summed E-state index contributed by atoms with van der Waals surface area (Å²) in [5.41, 5.74) is 21.4. The van der Waals surface area contributed by atoms with Crippen LogP contribution in [0.4, 0.5) is 0 Å². The first-order valence-corrected chi connectivity index (χ1v) is 11.3. The molecule has 194 valence electrons. The molecule has 12 N–H and O–H groups in total. The molecular formula is C19H36N8O6S. The van der Waals surface area contributed by atoms with E-state index in [0.29, 0.717) is 19.4 Å². The van der Waals surface area contributed by atoms with Crippen LogP contribution in [0, 0.1) is 5.92 Å². The van der Waals surface area contributed by atoms with Gasteiger partial charge in [0.1, 0.15) is 18.1 Å². The Bertz CT molecular complexity index is 761. The summed E-state index contributed by atoms with van der Waals surface area (Å²) in [5.74, 6) is -5.06. The second-order valence-electron chi connectivity index (χ2n) is 7.74. The maximum atomic E-state index is 12.9. The first-order chi connectivity index (χ1) is 15.8. The van der Waals surface area contributed by atoms with E-state index in [1.54, 1.807) is 6.92 Å². The lowest BCUT2D eigenvalue weighted by Crippen LogP contribution is -2.59. The monoisotopic (exact) mass is 504 g/mol. The predicted octanol–water partition coefficient (Wildman–Crippen LogP) is -3.24. The average molecular weight is 505 g/mol. The molecule has 0 aliphatic rings. The van der Waals surface area contributed by atoms with Crippen LogP contribution in [0.15, 0.2) is 4.99 Å². The third kappa shape index (κ3) is 11.7. The molecule has 34 heavy (non-hydrogen) atoms. The van der Waals surface area contributed by atoms with Crippen LogP contribution < -0.4 is 38.9 Å². The van der Waals surface area contributed by atoms with Crippen molar-refractivity contribution < 1.29 is 29.1 Å². The van der Waals surface area contributed by atoms with E-state index in [2.05, 4.69) is 33.6 Å². The van der Waals surface area contributed by atoms with Gasteiger partial charge >= 0.3 is 5.97 Å². The Morgan fingerprint density at radius 3 is 2.03 bits per heavy atom. The highest BCUT2D eigenvalue weighted by Crippen LogP contribution is 2.10. The van der Waals surface area contributed by atoms with E-state index < -0.39 is 60.2 Å². The van der Waals surface area contributed by atoms with Crippen molar-refractivity contribution in [1.29, 1.82) is 0 Å². The number of amides is 4. The molecule has 0 aliphatic carbocycles. The number of hydrogen-bond donors (Lipinski definition) is 9. The van der Waals surface area contributed by atoms with Crippen molar-refractivity contribution in [1.82, 2.24) is 16.0 Å². The van der Waals surface area contributed by atoms with Crippen molar-refractivity contribution in [2.24, 2.45) is 33.8 Å². The van der Waals surface area contributed by atoms with Gasteiger partial charge in [0, 0.05) is 12.3 Å². The van der Waals surface area contributed by atoms with Crippen LogP contribution in [0.1, 0.15) is 39.5 Å². The topological polar surface area (TPSA) is 258 Å². The molecule has 0 spiro atoms. The van der Waals surface area contributed by atoms with E-state index in [-0.39, 0.29) is 24.1 Å². The molecule has 0 fully saturated rings. The van der Waals surface area contributed by atoms with Gasteiger partial charge in [-0.05, 0) is 18.8 Å². The number of nitrogens with two attached hydrogens (primary N) is 4. The number of aliphatic carboxylic acids is 1. The minimum Gasteiger partial charge on any atom is -0.480 e. The molecular weight excluding hydrogens is 468 g/mol. The number of aliphatic imine (C=N–C) groups is 1. The van der Waals surface area contributed by atoms with Gasteiger partial charge in [-0.2, -0.15) is 12.6 Å². The number of carbonyl (C=O) groups is 5. The second-order valence-corrected chi connectivity index (χ2v) is 8.11. The molecule has 0 rings (SSSR count). The van der Waals surface area contributed by atoms with E-state index >= 15 is 0 Å². The third-order valence-electron chi connectivity index (χ3n) is 4.93. The van der Waals surface area contributed by atoms with Crippen molar-refractivity contribution in [2.45, 2.75) is 63.7 Å². The zero-order chi connectivity index (χ0) is 26.4. The number of guanidine groups is 1. The van der Waals surface area contributed by atoms with Crippen LogP contribution in [0.2, 0.25) is 0 Å². The third-order valence-corrected chi connectivity index (χ3v) is 5.30. The number of carbonyl (C=O) groups excluding carboxylic acids is 4. The quantitative estimate of drug-likeness (QED) is 0.0442. The van der Waals surface area contributed by atoms with Gasteiger partial charge in [-0.15, -0.1) is 0 Å². The maximum Gasteiger partial charge on any atom is 0.326 e. The highest BCUT2D eigenvalue weighted by molar-refractivity contribution is 7.80. The molecule has 0 saturated carbocycles.